The molecule has 3 aliphatic heterocycles. The van der Waals surface area contributed by atoms with E-state index in [0.717, 1.165) is 55.7 Å². The summed E-state index contributed by atoms with van der Waals surface area (Å²) in [6.45, 7) is 0. The van der Waals surface area contributed by atoms with E-state index in [4.69, 9.17) is 9.84 Å². The predicted octanol–water partition coefficient (Wildman–Crippen LogP) is 6.14. The van der Waals surface area contributed by atoms with Gasteiger partial charge in [-0.25, -0.2) is 5.01 Å². The molecular weight excluding hydrogens is 486 g/mol. The molecule has 0 saturated carbocycles. The maximum absolute atomic E-state index is 12.7. The van der Waals surface area contributed by atoms with Gasteiger partial charge >= 0.3 is 5.85 Å². The maximum Gasteiger partial charge on any atom is 0.314 e. The lowest BCUT2D eigenvalue weighted by Crippen LogP contribution is -2.61. The molecule has 3 aliphatic rings. The molecule has 0 aliphatic carbocycles. The first kappa shape index (κ1) is 19.6. The number of rotatable bonds is 2. The summed E-state index contributed by atoms with van der Waals surface area (Å²) in [5, 5.41) is 9.85. The van der Waals surface area contributed by atoms with Gasteiger partial charge in [0.15, 0.2) is 0 Å². The number of hydrogen-bond donors (Lipinski definition) is 1. The molecule has 3 heterocycles. The Bertz CT molecular complexity index is 1290. The minimum absolute atomic E-state index is 0.0416. The molecule has 2 atom stereocenters. The van der Waals surface area contributed by atoms with Gasteiger partial charge in [-0.2, -0.15) is 5.10 Å². The molecule has 0 radical (unpaired) electrons. The SMILES string of the molecule is O=C1NC2(Oc3ccccc3C3CC(c4ccccc4)=NN32)/C(=C/c2cccc(Br)c2)S1. The molecule has 1 N–H and O–H groups in total. The van der Waals surface area contributed by atoms with Crippen LogP contribution in [0.5, 0.6) is 5.75 Å². The van der Waals surface area contributed by atoms with Crippen LogP contribution in [0.4, 0.5) is 4.79 Å². The molecule has 1 amide bonds. The Hall–Kier alpha value is -3.03. The van der Waals surface area contributed by atoms with E-state index in [2.05, 4.69) is 39.4 Å². The fraction of sp³-hybridized carbons (Fsp3) is 0.120. The Labute approximate surface area is 198 Å². The number of benzene rings is 3. The van der Waals surface area contributed by atoms with E-state index in [0.29, 0.717) is 0 Å². The van der Waals surface area contributed by atoms with E-state index >= 15 is 0 Å². The van der Waals surface area contributed by atoms with Crippen LogP contribution in [-0.2, 0) is 0 Å². The molecule has 158 valence electrons. The van der Waals surface area contributed by atoms with Gasteiger partial charge in [-0.15, -0.1) is 0 Å². The van der Waals surface area contributed by atoms with Crippen LogP contribution in [0.2, 0.25) is 0 Å². The van der Waals surface area contributed by atoms with Gasteiger partial charge in [-0.3, -0.25) is 10.1 Å². The number of para-hydroxylation sites is 1. The predicted molar refractivity (Wildman–Crippen MR) is 130 cm³/mol. The monoisotopic (exact) mass is 503 g/mol. The van der Waals surface area contributed by atoms with Crippen molar-refractivity contribution in [2.24, 2.45) is 5.10 Å². The third-order valence-corrected chi connectivity index (χ3v) is 7.23. The van der Waals surface area contributed by atoms with E-state index in [1.165, 1.54) is 0 Å². The van der Waals surface area contributed by atoms with Crippen LogP contribution >= 0.6 is 27.7 Å². The average molecular weight is 504 g/mol. The van der Waals surface area contributed by atoms with Crippen LogP contribution in [0.1, 0.15) is 29.2 Å². The fourth-order valence-electron chi connectivity index (χ4n) is 4.42. The Kier molecular flexibility index (Phi) is 4.62. The highest BCUT2D eigenvalue weighted by Gasteiger charge is 2.58. The highest BCUT2D eigenvalue weighted by Crippen LogP contribution is 2.52. The molecular formula is C25H18BrN3O2S. The second kappa shape index (κ2) is 7.53. The second-order valence-corrected chi connectivity index (χ2v) is 9.77. The largest absolute Gasteiger partial charge is 0.444 e. The highest BCUT2D eigenvalue weighted by molar-refractivity contribution is 9.10. The van der Waals surface area contributed by atoms with Crippen LogP contribution in [0.25, 0.3) is 6.08 Å². The minimum atomic E-state index is -1.18. The lowest BCUT2D eigenvalue weighted by atomic mass is 9.95. The van der Waals surface area contributed by atoms with Crippen LogP contribution < -0.4 is 10.1 Å². The summed E-state index contributed by atoms with van der Waals surface area (Å²) in [6, 6.07) is 26.1. The summed E-state index contributed by atoms with van der Waals surface area (Å²) in [4.78, 5) is 13.4. The van der Waals surface area contributed by atoms with Crippen molar-refractivity contribution in [1.82, 2.24) is 10.3 Å². The smallest absolute Gasteiger partial charge is 0.314 e. The molecule has 1 spiro atoms. The normalized spacial score (nSPS) is 24.7. The van der Waals surface area contributed by atoms with Crippen LogP contribution in [-0.4, -0.2) is 21.8 Å². The van der Waals surface area contributed by atoms with Crippen molar-refractivity contribution in [2.75, 3.05) is 0 Å². The Balaban J connectivity index is 1.52. The number of thioether (sulfide) groups is 1. The molecule has 2 unspecified atom stereocenters. The third kappa shape index (κ3) is 3.15. The Morgan fingerprint density at radius 3 is 2.75 bits per heavy atom. The number of hydrazone groups is 1. The Morgan fingerprint density at radius 2 is 1.91 bits per heavy atom. The van der Waals surface area contributed by atoms with Gasteiger partial charge < -0.3 is 4.74 Å². The first-order chi connectivity index (χ1) is 15.6. The van der Waals surface area contributed by atoms with Crippen molar-refractivity contribution in [1.29, 1.82) is 0 Å². The molecule has 32 heavy (non-hydrogen) atoms. The lowest BCUT2D eigenvalue weighted by Gasteiger charge is -2.45. The molecule has 6 rings (SSSR count). The molecule has 5 nitrogen and oxygen atoms in total. The number of carbonyl (C=O) groups is 1. The molecule has 1 saturated heterocycles. The van der Waals surface area contributed by atoms with Gasteiger partial charge in [-0.05, 0) is 47.2 Å². The summed E-state index contributed by atoms with van der Waals surface area (Å²) >= 11 is 4.68. The van der Waals surface area contributed by atoms with Crippen molar-refractivity contribution >= 4 is 44.7 Å². The van der Waals surface area contributed by atoms with E-state index in [-0.39, 0.29) is 11.3 Å². The van der Waals surface area contributed by atoms with Gasteiger partial charge in [0, 0.05) is 16.5 Å². The van der Waals surface area contributed by atoms with Crippen molar-refractivity contribution < 1.29 is 9.53 Å². The number of carbonyl (C=O) groups excluding carboxylic acids is 1. The first-order valence-corrected chi connectivity index (χ1v) is 11.9. The van der Waals surface area contributed by atoms with Crippen LogP contribution in [0.15, 0.2) is 93.3 Å². The summed E-state index contributed by atoms with van der Waals surface area (Å²) in [5.74, 6) is -0.416. The highest BCUT2D eigenvalue weighted by atomic mass is 79.9. The second-order valence-electron chi connectivity index (χ2n) is 7.84. The van der Waals surface area contributed by atoms with E-state index < -0.39 is 5.85 Å². The number of nitrogens with zero attached hydrogens (tertiary/aromatic N) is 2. The quantitative estimate of drug-likeness (QED) is 0.455. The van der Waals surface area contributed by atoms with Gasteiger partial charge in [0.1, 0.15) is 5.75 Å². The van der Waals surface area contributed by atoms with E-state index in [1.54, 1.807) is 0 Å². The van der Waals surface area contributed by atoms with E-state index in [1.807, 2.05) is 71.7 Å². The molecule has 0 aromatic heterocycles. The molecule has 0 bridgehead atoms. The number of ether oxygens (including phenoxy) is 1. The summed E-state index contributed by atoms with van der Waals surface area (Å²) < 4.78 is 7.52. The average Bonchev–Trinajstić information content (AvgIpc) is 3.38. The number of fused-ring (bicyclic) bond motifs is 4. The molecule has 1 fully saturated rings. The number of nitrogens with one attached hydrogen (secondary N) is 1. The maximum atomic E-state index is 12.7. The summed E-state index contributed by atoms with van der Waals surface area (Å²) in [5.41, 5.74) is 4.09. The third-order valence-electron chi connectivity index (χ3n) is 5.83. The zero-order valence-corrected chi connectivity index (χ0v) is 19.3. The van der Waals surface area contributed by atoms with Gasteiger partial charge in [0.05, 0.1) is 16.7 Å². The summed E-state index contributed by atoms with van der Waals surface area (Å²) in [7, 11) is 0. The van der Waals surface area contributed by atoms with Crippen molar-refractivity contribution in [3.63, 3.8) is 0 Å². The zero-order valence-electron chi connectivity index (χ0n) is 16.9. The summed E-state index contributed by atoms with van der Waals surface area (Å²) in [6.07, 6.45) is 2.73. The van der Waals surface area contributed by atoms with Gasteiger partial charge in [0.25, 0.3) is 5.24 Å². The fourth-order valence-corrected chi connectivity index (χ4v) is 5.74. The molecule has 3 aromatic rings. The van der Waals surface area contributed by atoms with Gasteiger partial charge in [-0.1, -0.05) is 76.6 Å². The van der Waals surface area contributed by atoms with Crippen molar-refractivity contribution in [3.05, 3.63) is 105 Å². The minimum Gasteiger partial charge on any atom is -0.444 e. The first-order valence-electron chi connectivity index (χ1n) is 10.3. The van der Waals surface area contributed by atoms with Gasteiger partial charge in [0.2, 0.25) is 0 Å². The van der Waals surface area contributed by atoms with Crippen LogP contribution in [0.3, 0.4) is 0 Å². The van der Waals surface area contributed by atoms with Crippen molar-refractivity contribution in [3.8, 4) is 5.75 Å². The topological polar surface area (TPSA) is 53.9 Å². The van der Waals surface area contributed by atoms with Crippen molar-refractivity contribution in [2.45, 2.75) is 18.3 Å². The van der Waals surface area contributed by atoms with E-state index in [9.17, 15) is 4.79 Å². The zero-order chi connectivity index (χ0) is 21.7. The van der Waals surface area contributed by atoms with Crippen LogP contribution in [0, 0.1) is 0 Å². The number of hydrogen-bond acceptors (Lipinski definition) is 5. The Morgan fingerprint density at radius 1 is 1.09 bits per heavy atom. The lowest BCUT2D eigenvalue weighted by molar-refractivity contribution is -0.0949. The molecule has 3 aromatic carbocycles. The number of amides is 1. The standard InChI is InChI=1S/C25H18BrN3O2S/c26-18-10-6-7-16(13-18)14-23-25(27-24(30)32-23)29-21(19-11-4-5-12-22(19)31-25)15-20(28-29)17-8-2-1-3-9-17/h1-14,21H,15H2,(H,27,30)/b23-14-. The number of halogens is 1. The molecule has 7 heteroatoms.